The number of nitrogens with one attached hydrogen (secondary N) is 1. The Hall–Kier alpha value is -4.81. The molecule has 1 aromatic heterocycles. The molecule has 3 N–H and O–H groups in total. The lowest BCUT2D eigenvalue weighted by atomic mass is 10.1. The van der Waals surface area contributed by atoms with Gasteiger partial charge in [0.2, 0.25) is 0 Å². The van der Waals surface area contributed by atoms with Crippen LogP contribution < -0.4 is 15.8 Å². The summed E-state index contributed by atoms with van der Waals surface area (Å²) in [5.41, 5.74) is 2.35. The number of carbonyl (C=O) groups is 3. The van der Waals surface area contributed by atoms with E-state index in [0.717, 1.165) is 6.07 Å². The summed E-state index contributed by atoms with van der Waals surface area (Å²) in [6.07, 6.45) is -3.72. The van der Waals surface area contributed by atoms with Crippen LogP contribution in [0.2, 0.25) is 0 Å². The van der Waals surface area contributed by atoms with Crippen LogP contribution in [0.3, 0.4) is 0 Å². The number of halogens is 3. The fourth-order valence-corrected chi connectivity index (χ4v) is 3.00. The third-order valence-electron chi connectivity index (χ3n) is 4.69. The predicted octanol–water partition coefficient (Wildman–Crippen LogP) is 4.03. The first-order valence-electron chi connectivity index (χ1n) is 9.63. The van der Waals surface area contributed by atoms with Gasteiger partial charge in [0.1, 0.15) is 22.8 Å². The van der Waals surface area contributed by atoms with Crippen molar-refractivity contribution in [3.63, 3.8) is 0 Å². The van der Waals surface area contributed by atoms with E-state index in [1.165, 1.54) is 36.5 Å². The molecule has 0 saturated carbocycles. The van der Waals surface area contributed by atoms with Crippen LogP contribution in [0.4, 0.5) is 24.5 Å². The zero-order valence-corrected chi connectivity index (χ0v) is 17.8. The maximum absolute atomic E-state index is 13.1. The first-order chi connectivity index (χ1) is 16.4. The maximum atomic E-state index is 13.1. The number of amides is 2. The van der Waals surface area contributed by atoms with Crippen LogP contribution >= 0.6 is 0 Å². The maximum Gasteiger partial charge on any atom is 0.423 e. The number of pyridine rings is 1. The standard InChI is InChI=1S/C22H15F3N4O6/c1-11-17(8-9-27-18(11)20(26)31)35-14-5-2-12(3-6-14)19(30)21(32)28-13-4-7-16(29(33)34)15(10-13)22(23,24)25/h2-10H,1H3,(H2,26,31)(H,28,32). The van der Waals surface area contributed by atoms with Gasteiger partial charge in [-0.15, -0.1) is 0 Å². The summed E-state index contributed by atoms with van der Waals surface area (Å²) < 4.78 is 45.0. The van der Waals surface area contributed by atoms with Crippen molar-refractivity contribution in [2.24, 2.45) is 5.73 Å². The molecule has 13 heteroatoms. The number of primary amides is 1. The Morgan fingerprint density at radius 2 is 1.74 bits per heavy atom. The van der Waals surface area contributed by atoms with E-state index in [1.807, 2.05) is 5.32 Å². The number of ketones is 1. The van der Waals surface area contributed by atoms with Crippen molar-refractivity contribution in [1.82, 2.24) is 4.98 Å². The molecule has 0 aliphatic carbocycles. The summed E-state index contributed by atoms with van der Waals surface area (Å²) >= 11 is 0. The monoisotopic (exact) mass is 488 g/mol. The molecule has 0 aliphatic heterocycles. The Kier molecular flexibility index (Phi) is 6.80. The molecule has 0 aliphatic rings. The third kappa shape index (κ3) is 5.58. The summed E-state index contributed by atoms with van der Waals surface area (Å²) in [6, 6.07) is 8.55. The molecule has 0 unspecified atom stereocenters. The second-order valence-electron chi connectivity index (χ2n) is 7.04. The van der Waals surface area contributed by atoms with Crippen molar-refractivity contribution < 1.29 is 37.2 Å². The Bertz CT molecular complexity index is 1340. The molecule has 3 rings (SSSR count). The number of ether oxygens (including phenoxy) is 1. The van der Waals surface area contributed by atoms with Crippen LogP contribution in [-0.2, 0) is 11.0 Å². The normalized spacial score (nSPS) is 11.0. The van der Waals surface area contributed by atoms with Crippen LogP contribution in [-0.4, -0.2) is 27.5 Å². The van der Waals surface area contributed by atoms with Crippen molar-refractivity contribution in [1.29, 1.82) is 0 Å². The second kappa shape index (κ2) is 9.59. The number of carbonyl (C=O) groups excluding carboxylic acids is 3. The third-order valence-corrected chi connectivity index (χ3v) is 4.69. The molecular formula is C22H15F3N4O6. The molecule has 2 amide bonds. The van der Waals surface area contributed by atoms with Gasteiger partial charge in [-0.1, -0.05) is 0 Å². The summed E-state index contributed by atoms with van der Waals surface area (Å²) in [5.74, 6) is -2.53. The minimum absolute atomic E-state index is 0.0193. The SMILES string of the molecule is Cc1c(Oc2ccc(C(=O)C(=O)Nc3ccc([N+](=O)[O-])c(C(F)(F)F)c3)cc2)ccnc1C(N)=O. The molecular weight excluding hydrogens is 473 g/mol. The van der Waals surface area contributed by atoms with Gasteiger partial charge in [0.25, 0.3) is 23.3 Å². The van der Waals surface area contributed by atoms with Crippen molar-refractivity contribution in [3.8, 4) is 11.5 Å². The molecule has 3 aromatic rings. The topological polar surface area (TPSA) is 155 Å². The molecule has 2 aromatic carbocycles. The highest BCUT2D eigenvalue weighted by atomic mass is 19.4. The fraction of sp³-hybridized carbons (Fsp3) is 0.0909. The molecule has 35 heavy (non-hydrogen) atoms. The Morgan fingerprint density at radius 1 is 1.09 bits per heavy atom. The van der Waals surface area contributed by atoms with Gasteiger partial charge in [-0.2, -0.15) is 13.2 Å². The average Bonchev–Trinajstić information content (AvgIpc) is 2.79. The molecule has 0 atom stereocenters. The van der Waals surface area contributed by atoms with Gasteiger partial charge in [-0.3, -0.25) is 29.5 Å². The van der Waals surface area contributed by atoms with Crippen LogP contribution in [0.25, 0.3) is 0 Å². The predicted molar refractivity (Wildman–Crippen MR) is 115 cm³/mol. The van der Waals surface area contributed by atoms with E-state index in [2.05, 4.69) is 4.98 Å². The minimum atomic E-state index is -5.05. The quantitative estimate of drug-likeness (QED) is 0.220. The van der Waals surface area contributed by atoms with E-state index in [0.29, 0.717) is 17.7 Å². The summed E-state index contributed by atoms with van der Waals surface area (Å²) in [4.78, 5) is 49.6. The number of aromatic nitrogens is 1. The number of benzene rings is 2. The van der Waals surface area contributed by atoms with Gasteiger partial charge in [-0.05, 0) is 49.4 Å². The number of nitro groups is 1. The number of alkyl halides is 3. The Balaban J connectivity index is 1.75. The summed E-state index contributed by atoms with van der Waals surface area (Å²) in [7, 11) is 0. The van der Waals surface area contributed by atoms with Gasteiger partial charge >= 0.3 is 6.18 Å². The van der Waals surface area contributed by atoms with Crippen molar-refractivity contribution in [2.45, 2.75) is 13.1 Å². The number of nitrogens with zero attached hydrogens (tertiary/aromatic N) is 2. The van der Waals surface area contributed by atoms with E-state index < -0.39 is 45.6 Å². The van der Waals surface area contributed by atoms with E-state index in [4.69, 9.17) is 10.5 Å². The molecule has 0 saturated heterocycles. The number of Topliss-reactive ketones (excluding diaryl/α,β-unsaturated/α-hetero) is 1. The first kappa shape index (κ1) is 24.8. The minimum Gasteiger partial charge on any atom is -0.457 e. The number of anilines is 1. The van der Waals surface area contributed by atoms with Gasteiger partial charge in [0.15, 0.2) is 0 Å². The molecule has 1 heterocycles. The van der Waals surface area contributed by atoms with Crippen LogP contribution in [0.15, 0.2) is 54.7 Å². The molecule has 0 spiro atoms. The number of hydrogen-bond donors (Lipinski definition) is 2. The lowest BCUT2D eigenvalue weighted by Gasteiger charge is -2.11. The number of hydrogen-bond acceptors (Lipinski definition) is 7. The largest absolute Gasteiger partial charge is 0.457 e. The Morgan fingerprint density at radius 3 is 2.31 bits per heavy atom. The van der Waals surface area contributed by atoms with Crippen LogP contribution in [0.5, 0.6) is 11.5 Å². The average molecular weight is 488 g/mol. The molecule has 10 nitrogen and oxygen atoms in total. The van der Waals surface area contributed by atoms with Crippen molar-refractivity contribution >= 4 is 29.0 Å². The highest BCUT2D eigenvalue weighted by molar-refractivity contribution is 6.46. The number of rotatable bonds is 7. The lowest BCUT2D eigenvalue weighted by molar-refractivity contribution is -0.388. The van der Waals surface area contributed by atoms with Gasteiger partial charge in [-0.25, -0.2) is 0 Å². The van der Waals surface area contributed by atoms with E-state index in [-0.39, 0.29) is 22.8 Å². The molecule has 180 valence electrons. The van der Waals surface area contributed by atoms with Crippen LogP contribution in [0, 0.1) is 17.0 Å². The fourth-order valence-electron chi connectivity index (χ4n) is 3.00. The zero-order valence-electron chi connectivity index (χ0n) is 17.8. The first-order valence-corrected chi connectivity index (χ1v) is 9.63. The summed E-state index contributed by atoms with van der Waals surface area (Å²) in [6.45, 7) is 1.58. The smallest absolute Gasteiger partial charge is 0.423 e. The molecule has 0 fully saturated rings. The highest BCUT2D eigenvalue weighted by Crippen LogP contribution is 2.37. The lowest BCUT2D eigenvalue weighted by Crippen LogP contribution is -2.23. The van der Waals surface area contributed by atoms with Gasteiger partial charge in [0.05, 0.1) is 4.92 Å². The van der Waals surface area contributed by atoms with Gasteiger partial charge < -0.3 is 15.8 Å². The molecule has 0 bridgehead atoms. The number of nitrogens with two attached hydrogens (primary N) is 1. The Labute approximate surface area is 194 Å². The van der Waals surface area contributed by atoms with Crippen molar-refractivity contribution in [2.75, 3.05) is 5.32 Å². The summed E-state index contributed by atoms with van der Waals surface area (Å²) in [5, 5.41) is 12.8. The van der Waals surface area contributed by atoms with Gasteiger partial charge in [0, 0.05) is 29.1 Å². The highest BCUT2D eigenvalue weighted by Gasteiger charge is 2.38. The van der Waals surface area contributed by atoms with E-state index in [9.17, 15) is 37.7 Å². The second-order valence-corrected chi connectivity index (χ2v) is 7.04. The van der Waals surface area contributed by atoms with E-state index >= 15 is 0 Å². The number of nitro benzene ring substituents is 1. The van der Waals surface area contributed by atoms with Crippen molar-refractivity contribution in [3.05, 3.63) is 87.2 Å². The van der Waals surface area contributed by atoms with Crippen LogP contribution in [0.1, 0.15) is 32.0 Å². The zero-order chi connectivity index (χ0) is 25.9. The molecule has 0 radical (unpaired) electrons. The van der Waals surface area contributed by atoms with E-state index in [1.54, 1.807) is 6.92 Å².